The van der Waals surface area contributed by atoms with E-state index in [2.05, 4.69) is 0 Å². The highest BCUT2D eigenvalue weighted by atomic mass is 16.7. The lowest BCUT2D eigenvalue weighted by Crippen LogP contribution is -2.10. The number of benzene rings is 3. The van der Waals surface area contributed by atoms with Crippen LogP contribution in [-0.4, -0.2) is 32.6 Å². The van der Waals surface area contributed by atoms with E-state index in [1.54, 1.807) is 24.3 Å². The number of fused-ring (bicyclic) bond motifs is 5. The summed E-state index contributed by atoms with van der Waals surface area (Å²) in [5.41, 5.74) is 2.43. The summed E-state index contributed by atoms with van der Waals surface area (Å²) < 4.78 is 32.3. The van der Waals surface area contributed by atoms with Gasteiger partial charge >= 0.3 is 11.9 Å². The Morgan fingerprint density at radius 1 is 0.833 bits per heavy atom. The Hall–Kier alpha value is -3.94. The van der Waals surface area contributed by atoms with E-state index in [1.165, 1.54) is 7.11 Å². The van der Waals surface area contributed by atoms with Crippen molar-refractivity contribution in [2.45, 2.75) is 6.61 Å². The van der Waals surface area contributed by atoms with Gasteiger partial charge < -0.3 is 28.4 Å². The van der Waals surface area contributed by atoms with Crippen molar-refractivity contribution >= 4 is 22.7 Å². The van der Waals surface area contributed by atoms with Crippen molar-refractivity contribution in [2.24, 2.45) is 0 Å². The van der Waals surface area contributed by atoms with Gasteiger partial charge in [0.2, 0.25) is 13.6 Å². The first kappa shape index (κ1) is 17.0. The van der Waals surface area contributed by atoms with Gasteiger partial charge in [0.1, 0.15) is 6.61 Å². The molecule has 0 unspecified atom stereocenters. The molecule has 30 heavy (non-hydrogen) atoms. The van der Waals surface area contributed by atoms with E-state index in [0.29, 0.717) is 56.0 Å². The van der Waals surface area contributed by atoms with Crippen LogP contribution in [0, 0.1) is 0 Å². The number of carbonyl (C=O) groups is 2. The molecule has 150 valence electrons. The van der Waals surface area contributed by atoms with Crippen LogP contribution in [0.15, 0.2) is 30.3 Å². The molecule has 3 heterocycles. The van der Waals surface area contributed by atoms with Crippen LogP contribution in [0.4, 0.5) is 0 Å². The van der Waals surface area contributed by atoms with Gasteiger partial charge in [0.05, 0.1) is 18.2 Å². The molecule has 0 saturated heterocycles. The lowest BCUT2D eigenvalue weighted by atomic mass is 9.86. The van der Waals surface area contributed by atoms with E-state index in [1.807, 2.05) is 6.07 Å². The van der Waals surface area contributed by atoms with E-state index < -0.39 is 11.9 Å². The third kappa shape index (κ3) is 2.21. The molecule has 0 saturated carbocycles. The standard InChI is InChI=1S/C22H14O8/c1-25-21(23)20-13-7-26-22(24)19(13)12-6-17-16(29-9-30-17)5-11(12)18(20)10-2-3-14-15(4-10)28-8-27-14/h2-6H,7-9H2,1H3. The number of hydrogen-bond donors (Lipinski definition) is 0. The lowest BCUT2D eigenvalue weighted by Gasteiger charge is -2.17. The highest BCUT2D eigenvalue weighted by molar-refractivity contribution is 6.18. The molecule has 3 aliphatic heterocycles. The van der Waals surface area contributed by atoms with Crippen LogP contribution in [0.25, 0.3) is 21.9 Å². The number of carbonyl (C=O) groups excluding carboxylic acids is 2. The van der Waals surface area contributed by atoms with Gasteiger partial charge in [-0.05, 0) is 35.2 Å². The van der Waals surface area contributed by atoms with Crippen LogP contribution in [0.1, 0.15) is 26.3 Å². The highest BCUT2D eigenvalue weighted by Gasteiger charge is 2.35. The molecular formula is C22H14O8. The van der Waals surface area contributed by atoms with Crippen LogP contribution in [0.5, 0.6) is 23.0 Å². The van der Waals surface area contributed by atoms with Gasteiger partial charge in [-0.3, -0.25) is 0 Å². The molecule has 0 radical (unpaired) electrons. The average Bonchev–Trinajstić information content (AvgIpc) is 3.49. The molecule has 0 spiro atoms. The Kier molecular flexibility index (Phi) is 3.41. The van der Waals surface area contributed by atoms with Crippen molar-refractivity contribution in [3.8, 4) is 34.1 Å². The fourth-order valence-corrected chi connectivity index (χ4v) is 4.20. The second-order valence-corrected chi connectivity index (χ2v) is 6.99. The maximum atomic E-state index is 12.9. The Labute approximate surface area is 169 Å². The zero-order chi connectivity index (χ0) is 20.4. The molecule has 8 heteroatoms. The molecule has 0 N–H and O–H groups in total. The van der Waals surface area contributed by atoms with Gasteiger partial charge in [0, 0.05) is 16.5 Å². The number of hydrogen-bond acceptors (Lipinski definition) is 8. The minimum Gasteiger partial charge on any atom is -0.465 e. The fourth-order valence-electron chi connectivity index (χ4n) is 4.20. The van der Waals surface area contributed by atoms with E-state index in [-0.39, 0.29) is 25.8 Å². The van der Waals surface area contributed by atoms with E-state index in [9.17, 15) is 9.59 Å². The Morgan fingerprint density at radius 2 is 1.47 bits per heavy atom. The van der Waals surface area contributed by atoms with E-state index >= 15 is 0 Å². The fraction of sp³-hybridized carbons (Fsp3) is 0.182. The van der Waals surface area contributed by atoms with Gasteiger partial charge in [0.25, 0.3) is 0 Å². The highest BCUT2D eigenvalue weighted by Crippen LogP contribution is 2.47. The molecule has 8 nitrogen and oxygen atoms in total. The van der Waals surface area contributed by atoms with Crippen molar-refractivity contribution in [3.05, 3.63) is 47.0 Å². The first-order valence-corrected chi connectivity index (χ1v) is 9.23. The number of esters is 2. The Morgan fingerprint density at radius 3 is 2.17 bits per heavy atom. The molecule has 0 atom stereocenters. The maximum Gasteiger partial charge on any atom is 0.339 e. The number of cyclic esters (lactones) is 1. The molecule has 0 fully saturated rings. The van der Waals surface area contributed by atoms with Gasteiger partial charge in [-0.25, -0.2) is 9.59 Å². The maximum absolute atomic E-state index is 12.9. The van der Waals surface area contributed by atoms with Crippen LogP contribution < -0.4 is 18.9 Å². The summed E-state index contributed by atoms with van der Waals surface area (Å²) in [4.78, 5) is 25.4. The molecule has 3 aliphatic rings. The predicted molar refractivity (Wildman–Crippen MR) is 102 cm³/mol. The molecular weight excluding hydrogens is 392 g/mol. The summed E-state index contributed by atoms with van der Waals surface area (Å²) >= 11 is 0. The van der Waals surface area contributed by atoms with Crippen LogP contribution in [0.3, 0.4) is 0 Å². The average molecular weight is 406 g/mol. The predicted octanol–water partition coefficient (Wildman–Crippen LogP) is 3.42. The number of ether oxygens (including phenoxy) is 6. The third-order valence-electron chi connectivity index (χ3n) is 5.51. The normalized spacial score (nSPS) is 15.3. The Balaban J connectivity index is 1.76. The lowest BCUT2D eigenvalue weighted by molar-refractivity contribution is 0.0526. The summed E-state index contributed by atoms with van der Waals surface area (Å²) in [5, 5.41) is 1.27. The first-order valence-electron chi connectivity index (χ1n) is 9.23. The van der Waals surface area contributed by atoms with Crippen LogP contribution in [0.2, 0.25) is 0 Å². The third-order valence-corrected chi connectivity index (χ3v) is 5.51. The summed E-state index contributed by atoms with van der Waals surface area (Å²) in [6.45, 7) is 0.205. The molecule has 0 aromatic heterocycles. The SMILES string of the molecule is COC(=O)c1c2c(c3cc4c(cc3c1-c1ccc3c(c1)OCO3)OCO4)C(=O)OC2. The summed E-state index contributed by atoms with van der Waals surface area (Å²) in [5.74, 6) is 1.22. The van der Waals surface area contributed by atoms with Gasteiger partial charge in [0.15, 0.2) is 23.0 Å². The molecule has 0 amide bonds. The molecule has 0 aliphatic carbocycles. The smallest absolute Gasteiger partial charge is 0.339 e. The second-order valence-electron chi connectivity index (χ2n) is 6.99. The largest absolute Gasteiger partial charge is 0.465 e. The van der Waals surface area contributed by atoms with Crippen molar-refractivity contribution in [1.82, 2.24) is 0 Å². The zero-order valence-electron chi connectivity index (χ0n) is 15.8. The van der Waals surface area contributed by atoms with Crippen LogP contribution in [-0.2, 0) is 16.1 Å². The van der Waals surface area contributed by atoms with Crippen LogP contribution >= 0.6 is 0 Å². The van der Waals surface area contributed by atoms with Crippen molar-refractivity contribution < 1.29 is 38.0 Å². The minimum atomic E-state index is -0.559. The van der Waals surface area contributed by atoms with E-state index in [4.69, 9.17) is 28.4 Å². The summed E-state index contributed by atoms with van der Waals surface area (Å²) in [7, 11) is 1.31. The van der Waals surface area contributed by atoms with Crippen molar-refractivity contribution in [1.29, 1.82) is 0 Å². The topological polar surface area (TPSA) is 89.5 Å². The number of rotatable bonds is 2. The van der Waals surface area contributed by atoms with Crippen molar-refractivity contribution in [3.63, 3.8) is 0 Å². The van der Waals surface area contributed by atoms with Crippen molar-refractivity contribution in [2.75, 3.05) is 20.7 Å². The molecule has 0 bridgehead atoms. The zero-order valence-corrected chi connectivity index (χ0v) is 15.8. The monoisotopic (exact) mass is 406 g/mol. The number of methoxy groups -OCH3 is 1. The minimum absolute atomic E-state index is 0.0134. The molecule has 3 aromatic rings. The first-order chi connectivity index (χ1) is 14.7. The van der Waals surface area contributed by atoms with Gasteiger partial charge in [-0.15, -0.1) is 0 Å². The summed E-state index contributed by atoms with van der Waals surface area (Å²) in [6, 6.07) is 8.95. The quantitative estimate of drug-likeness (QED) is 0.598. The summed E-state index contributed by atoms with van der Waals surface area (Å²) in [6.07, 6.45) is 0. The second kappa shape index (κ2) is 6.03. The van der Waals surface area contributed by atoms with E-state index in [0.717, 1.165) is 0 Å². The molecule has 3 aromatic carbocycles. The van der Waals surface area contributed by atoms with Gasteiger partial charge in [-0.1, -0.05) is 6.07 Å². The molecule has 6 rings (SSSR count). The Bertz CT molecular complexity index is 1280. The van der Waals surface area contributed by atoms with Gasteiger partial charge in [-0.2, -0.15) is 0 Å².